The van der Waals surface area contributed by atoms with Gasteiger partial charge in [0.25, 0.3) is 0 Å². The number of hydrogen-bond donors (Lipinski definition) is 1. The molecule has 2 amide bonds. The van der Waals surface area contributed by atoms with Crippen LogP contribution in [0.2, 0.25) is 0 Å². The van der Waals surface area contributed by atoms with Gasteiger partial charge in [-0.05, 0) is 44.9 Å². The van der Waals surface area contributed by atoms with E-state index < -0.39 is 0 Å². The van der Waals surface area contributed by atoms with Crippen molar-refractivity contribution >= 4 is 6.03 Å². The van der Waals surface area contributed by atoms with Gasteiger partial charge in [-0.25, -0.2) is 4.79 Å². The van der Waals surface area contributed by atoms with Gasteiger partial charge in [-0.2, -0.15) is 5.10 Å². The van der Waals surface area contributed by atoms with Gasteiger partial charge in [0.1, 0.15) is 12.4 Å². The summed E-state index contributed by atoms with van der Waals surface area (Å²) >= 11 is 0. The number of urea groups is 1. The van der Waals surface area contributed by atoms with Crippen molar-refractivity contribution in [3.63, 3.8) is 0 Å². The van der Waals surface area contributed by atoms with Crippen LogP contribution in [-0.4, -0.2) is 47.0 Å². The molecule has 2 aromatic rings. The number of aryl methyl sites for hydroxylation is 3. The Kier molecular flexibility index (Phi) is 6.86. The number of likely N-dealkylation sites (N-methyl/N-ethyl adjacent to an activating group) is 1. The van der Waals surface area contributed by atoms with Crippen molar-refractivity contribution in [3.8, 4) is 5.75 Å². The molecule has 0 saturated carbocycles. The fourth-order valence-corrected chi connectivity index (χ4v) is 2.51. The highest BCUT2D eigenvalue weighted by Crippen LogP contribution is 2.18. The van der Waals surface area contributed by atoms with Crippen molar-refractivity contribution in [1.29, 1.82) is 0 Å². The number of aromatic nitrogens is 2. The molecule has 0 radical (unpaired) electrons. The molecule has 1 atom stereocenters. The minimum Gasteiger partial charge on any atom is -0.491 e. The van der Waals surface area contributed by atoms with Crippen LogP contribution in [0, 0.1) is 13.8 Å². The Bertz CT molecular complexity index is 670. The summed E-state index contributed by atoms with van der Waals surface area (Å²) in [6.07, 6.45) is 4.51. The van der Waals surface area contributed by atoms with Gasteiger partial charge >= 0.3 is 6.03 Å². The molecule has 0 aliphatic heterocycles. The molecule has 0 spiro atoms. The molecule has 0 bridgehead atoms. The van der Waals surface area contributed by atoms with Crippen LogP contribution < -0.4 is 10.1 Å². The summed E-state index contributed by atoms with van der Waals surface area (Å²) in [7, 11) is 1.78. The first-order chi connectivity index (χ1) is 12.0. The van der Waals surface area contributed by atoms with Crippen LogP contribution in [0.25, 0.3) is 0 Å². The molecule has 1 aromatic heterocycles. The quantitative estimate of drug-likeness (QED) is 0.801. The molecule has 0 saturated heterocycles. The standard InChI is InChI=1S/C19H28N4O2/c1-15-6-7-18(16(2)14-15)25-13-12-22(4)19(24)21-17(3)8-11-23-10-5-9-20-23/h5-7,9-10,14,17H,8,11-13H2,1-4H3,(H,21,24)/t17-/m1/s1. The van der Waals surface area contributed by atoms with E-state index in [-0.39, 0.29) is 12.1 Å². The molecular weight excluding hydrogens is 316 g/mol. The lowest BCUT2D eigenvalue weighted by Gasteiger charge is -2.21. The lowest BCUT2D eigenvalue weighted by Crippen LogP contribution is -2.43. The summed E-state index contributed by atoms with van der Waals surface area (Å²) in [5, 5.41) is 7.16. The van der Waals surface area contributed by atoms with E-state index in [1.54, 1.807) is 18.1 Å². The number of carbonyl (C=O) groups excluding carboxylic acids is 1. The fraction of sp³-hybridized carbons (Fsp3) is 0.474. The molecule has 2 rings (SSSR count). The molecule has 6 nitrogen and oxygen atoms in total. The molecule has 6 heteroatoms. The SMILES string of the molecule is Cc1ccc(OCCN(C)C(=O)N[C@H](C)CCn2cccn2)c(C)c1. The van der Waals surface area contributed by atoms with E-state index in [4.69, 9.17) is 4.74 Å². The first-order valence-electron chi connectivity index (χ1n) is 8.65. The molecule has 0 aliphatic carbocycles. The van der Waals surface area contributed by atoms with Crippen molar-refractivity contribution in [2.24, 2.45) is 0 Å². The largest absolute Gasteiger partial charge is 0.491 e. The highest BCUT2D eigenvalue weighted by atomic mass is 16.5. The third-order valence-corrected chi connectivity index (χ3v) is 4.08. The molecule has 1 N–H and O–H groups in total. The number of rotatable bonds is 8. The van der Waals surface area contributed by atoms with Crippen LogP contribution in [0.15, 0.2) is 36.7 Å². The van der Waals surface area contributed by atoms with Crippen molar-refractivity contribution in [3.05, 3.63) is 47.8 Å². The van der Waals surface area contributed by atoms with E-state index in [1.165, 1.54) is 5.56 Å². The summed E-state index contributed by atoms with van der Waals surface area (Å²) in [4.78, 5) is 13.9. The molecular formula is C19H28N4O2. The molecule has 1 aromatic carbocycles. The predicted octanol–water partition coefficient (Wildman–Crippen LogP) is 3.00. The van der Waals surface area contributed by atoms with Gasteiger partial charge in [0.15, 0.2) is 0 Å². The smallest absolute Gasteiger partial charge is 0.317 e. The van der Waals surface area contributed by atoms with E-state index in [9.17, 15) is 4.79 Å². The van der Waals surface area contributed by atoms with E-state index >= 15 is 0 Å². The van der Waals surface area contributed by atoms with Crippen LogP contribution in [-0.2, 0) is 6.54 Å². The number of ether oxygens (including phenoxy) is 1. The summed E-state index contributed by atoms with van der Waals surface area (Å²) in [5.41, 5.74) is 2.32. The highest BCUT2D eigenvalue weighted by molar-refractivity contribution is 5.74. The number of hydrogen-bond acceptors (Lipinski definition) is 3. The Morgan fingerprint density at radius 2 is 2.20 bits per heavy atom. The van der Waals surface area contributed by atoms with Crippen LogP contribution in [0.1, 0.15) is 24.5 Å². The zero-order chi connectivity index (χ0) is 18.2. The Labute approximate surface area is 149 Å². The number of amides is 2. The molecule has 1 heterocycles. The van der Waals surface area contributed by atoms with Gasteiger partial charge in [-0.1, -0.05) is 17.7 Å². The molecule has 25 heavy (non-hydrogen) atoms. The van der Waals surface area contributed by atoms with Crippen molar-refractivity contribution in [1.82, 2.24) is 20.0 Å². The number of benzene rings is 1. The lowest BCUT2D eigenvalue weighted by molar-refractivity contribution is 0.191. The first-order valence-corrected chi connectivity index (χ1v) is 8.65. The predicted molar refractivity (Wildman–Crippen MR) is 98.9 cm³/mol. The van der Waals surface area contributed by atoms with E-state index in [0.717, 1.165) is 24.3 Å². The zero-order valence-electron chi connectivity index (χ0n) is 15.5. The van der Waals surface area contributed by atoms with Crippen molar-refractivity contribution in [2.75, 3.05) is 20.2 Å². The minimum atomic E-state index is -0.0859. The molecule has 0 fully saturated rings. The van der Waals surface area contributed by atoms with Crippen LogP contribution >= 0.6 is 0 Å². The minimum absolute atomic E-state index is 0.0828. The summed E-state index contributed by atoms with van der Waals surface area (Å²) in [5.74, 6) is 0.868. The zero-order valence-corrected chi connectivity index (χ0v) is 15.5. The fourth-order valence-electron chi connectivity index (χ4n) is 2.51. The van der Waals surface area contributed by atoms with Gasteiger partial charge in [0, 0.05) is 32.0 Å². The summed E-state index contributed by atoms with van der Waals surface area (Å²) in [6, 6.07) is 7.98. The van der Waals surface area contributed by atoms with Gasteiger partial charge in [0.05, 0.1) is 6.54 Å². The highest BCUT2D eigenvalue weighted by Gasteiger charge is 2.12. The van der Waals surface area contributed by atoms with E-state index in [0.29, 0.717) is 13.2 Å². The Hall–Kier alpha value is -2.50. The van der Waals surface area contributed by atoms with Crippen LogP contribution in [0.3, 0.4) is 0 Å². The Balaban J connectivity index is 1.68. The first kappa shape index (κ1) is 18.8. The summed E-state index contributed by atoms with van der Waals surface area (Å²) < 4.78 is 7.65. The van der Waals surface area contributed by atoms with Crippen molar-refractivity contribution < 1.29 is 9.53 Å². The van der Waals surface area contributed by atoms with Gasteiger partial charge in [0.2, 0.25) is 0 Å². The number of nitrogens with one attached hydrogen (secondary N) is 1. The Morgan fingerprint density at radius 3 is 2.88 bits per heavy atom. The van der Waals surface area contributed by atoms with Gasteiger partial charge in [-0.3, -0.25) is 4.68 Å². The lowest BCUT2D eigenvalue weighted by atomic mass is 10.1. The topological polar surface area (TPSA) is 59.4 Å². The Morgan fingerprint density at radius 1 is 1.40 bits per heavy atom. The maximum atomic E-state index is 12.2. The molecule has 0 unspecified atom stereocenters. The van der Waals surface area contributed by atoms with Crippen molar-refractivity contribution in [2.45, 2.75) is 39.8 Å². The average Bonchev–Trinajstić information content (AvgIpc) is 3.08. The second-order valence-corrected chi connectivity index (χ2v) is 6.45. The second-order valence-electron chi connectivity index (χ2n) is 6.45. The molecule has 0 aliphatic rings. The monoisotopic (exact) mass is 344 g/mol. The second kappa shape index (κ2) is 9.11. The van der Waals surface area contributed by atoms with E-state index in [1.807, 2.05) is 42.9 Å². The average molecular weight is 344 g/mol. The number of nitrogens with zero attached hydrogens (tertiary/aromatic N) is 3. The third kappa shape index (κ3) is 6.14. The number of carbonyl (C=O) groups is 1. The summed E-state index contributed by atoms with van der Waals surface area (Å²) in [6.45, 7) is 7.87. The van der Waals surface area contributed by atoms with Crippen LogP contribution in [0.4, 0.5) is 4.79 Å². The maximum Gasteiger partial charge on any atom is 0.317 e. The van der Waals surface area contributed by atoms with Gasteiger partial charge < -0.3 is 15.0 Å². The van der Waals surface area contributed by atoms with Gasteiger partial charge in [-0.15, -0.1) is 0 Å². The normalized spacial score (nSPS) is 11.8. The maximum absolute atomic E-state index is 12.2. The van der Waals surface area contributed by atoms with Crippen LogP contribution in [0.5, 0.6) is 5.75 Å². The molecule has 136 valence electrons. The third-order valence-electron chi connectivity index (χ3n) is 4.08. The van der Waals surface area contributed by atoms with E-state index in [2.05, 4.69) is 23.4 Å².